The van der Waals surface area contributed by atoms with Gasteiger partial charge in [-0.1, -0.05) is 11.6 Å². The minimum atomic E-state index is -0.708. The monoisotopic (exact) mass is 274 g/mol. The molecular weight excluding hydrogens is 264 g/mol. The van der Waals surface area contributed by atoms with E-state index in [0.717, 1.165) is 6.07 Å². The number of carbonyl (C=O) groups is 1. The molecule has 98 valence electrons. The van der Waals surface area contributed by atoms with Crippen LogP contribution in [0.5, 0.6) is 5.88 Å². The van der Waals surface area contributed by atoms with E-state index in [-0.39, 0.29) is 23.2 Å². The lowest BCUT2D eigenvalue weighted by atomic mass is 10.2. The van der Waals surface area contributed by atoms with Crippen molar-refractivity contribution < 1.29 is 19.2 Å². The van der Waals surface area contributed by atoms with Crippen LogP contribution in [0.3, 0.4) is 0 Å². The van der Waals surface area contributed by atoms with Gasteiger partial charge in [0.2, 0.25) is 11.0 Å². The summed E-state index contributed by atoms with van der Waals surface area (Å²) in [5.41, 5.74) is -0.414. The number of carbonyl (C=O) groups excluding carboxylic acids is 1. The molecular formula is C10H11ClN2O5. The second-order valence-corrected chi connectivity index (χ2v) is 3.66. The van der Waals surface area contributed by atoms with Crippen molar-refractivity contribution in [1.82, 2.24) is 4.98 Å². The van der Waals surface area contributed by atoms with Crippen LogP contribution < -0.4 is 4.74 Å². The van der Waals surface area contributed by atoms with Gasteiger partial charge in [-0.15, -0.1) is 0 Å². The molecule has 0 aliphatic rings. The Morgan fingerprint density at radius 2 is 2.22 bits per heavy atom. The second kappa shape index (κ2) is 6.27. The van der Waals surface area contributed by atoms with Crippen LogP contribution in [0.15, 0.2) is 6.07 Å². The number of methoxy groups -OCH3 is 1. The van der Waals surface area contributed by atoms with Gasteiger partial charge in [-0.3, -0.25) is 14.9 Å². The normalized spacial score (nSPS) is 10.2. The van der Waals surface area contributed by atoms with Crippen LogP contribution in [0.1, 0.15) is 17.3 Å². The Kier molecular flexibility index (Phi) is 4.99. The fraction of sp³-hybridized carbons (Fsp3) is 0.400. The summed E-state index contributed by atoms with van der Waals surface area (Å²) in [5, 5.41) is 10.4. The quantitative estimate of drug-likeness (QED) is 0.258. The summed E-state index contributed by atoms with van der Waals surface area (Å²) in [6.07, 6.45) is 0. The highest BCUT2D eigenvalue weighted by molar-refractivity contribution is 6.31. The Morgan fingerprint density at radius 3 is 2.72 bits per heavy atom. The first kappa shape index (κ1) is 14.3. The average molecular weight is 275 g/mol. The molecule has 0 spiro atoms. The van der Waals surface area contributed by atoms with Crippen molar-refractivity contribution in [2.24, 2.45) is 0 Å². The van der Waals surface area contributed by atoms with E-state index >= 15 is 0 Å². The molecule has 0 N–H and O–H groups in total. The molecule has 0 bridgehead atoms. The van der Waals surface area contributed by atoms with E-state index in [1.807, 2.05) is 0 Å². The van der Waals surface area contributed by atoms with Gasteiger partial charge in [0, 0.05) is 13.2 Å². The predicted molar refractivity (Wildman–Crippen MR) is 63.3 cm³/mol. The fourth-order valence-electron chi connectivity index (χ4n) is 1.18. The topological polar surface area (TPSA) is 91.6 Å². The first-order valence-electron chi connectivity index (χ1n) is 4.95. The van der Waals surface area contributed by atoms with Gasteiger partial charge >= 0.3 is 5.69 Å². The van der Waals surface area contributed by atoms with E-state index in [0.29, 0.717) is 6.61 Å². The Labute approximate surface area is 108 Å². The summed E-state index contributed by atoms with van der Waals surface area (Å²) < 4.78 is 9.97. The number of ether oxygens (including phenoxy) is 2. The van der Waals surface area contributed by atoms with Crippen molar-refractivity contribution in [3.05, 3.63) is 26.9 Å². The van der Waals surface area contributed by atoms with Crippen molar-refractivity contribution in [2.45, 2.75) is 6.92 Å². The van der Waals surface area contributed by atoms with Crippen LogP contribution in [0.2, 0.25) is 5.15 Å². The highest BCUT2D eigenvalue weighted by atomic mass is 35.5. The van der Waals surface area contributed by atoms with Crippen molar-refractivity contribution in [3.63, 3.8) is 0 Å². The minimum absolute atomic E-state index is 0.0159. The molecule has 7 nitrogen and oxygen atoms in total. The summed E-state index contributed by atoms with van der Waals surface area (Å²) in [7, 11) is 1.49. The van der Waals surface area contributed by atoms with Crippen molar-refractivity contribution in [2.75, 3.05) is 20.3 Å². The first-order chi connectivity index (χ1) is 8.47. The molecule has 0 amide bonds. The van der Waals surface area contributed by atoms with Crippen molar-refractivity contribution >= 4 is 23.1 Å². The summed E-state index contributed by atoms with van der Waals surface area (Å²) in [5.74, 6) is -0.426. The lowest BCUT2D eigenvalue weighted by Crippen LogP contribution is -2.10. The molecule has 8 heteroatoms. The molecule has 0 aromatic carbocycles. The number of ketones is 1. The Morgan fingerprint density at radius 1 is 1.56 bits per heavy atom. The van der Waals surface area contributed by atoms with E-state index in [2.05, 4.69) is 4.98 Å². The zero-order valence-electron chi connectivity index (χ0n) is 9.81. The molecule has 0 atom stereocenters. The maximum absolute atomic E-state index is 11.4. The molecule has 0 saturated heterocycles. The third-order valence-corrected chi connectivity index (χ3v) is 2.30. The number of nitro groups is 1. The van der Waals surface area contributed by atoms with Gasteiger partial charge in [-0.05, 0) is 6.92 Å². The SMILES string of the molecule is COCCOc1nc(Cl)c([N+](=O)[O-])cc1C(C)=O. The number of Topliss-reactive ketones (excluding diaryl/α,β-unsaturated/α-hetero) is 1. The molecule has 0 saturated carbocycles. The molecule has 0 aliphatic heterocycles. The highest BCUT2D eigenvalue weighted by Gasteiger charge is 2.21. The van der Waals surface area contributed by atoms with Gasteiger partial charge < -0.3 is 9.47 Å². The maximum atomic E-state index is 11.4. The zero-order valence-corrected chi connectivity index (χ0v) is 10.6. The molecule has 0 unspecified atom stereocenters. The summed E-state index contributed by atoms with van der Waals surface area (Å²) in [6, 6.07) is 1.06. The molecule has 18 heavy (non-hydrogen) atoms. The lowest BCUT2D eigenvalue weighted by Gasteiger charge is -2.08. The largest absolute Gasteiger partial charge is 0.475 e. The van der Waals surface area contributed by atoms with Crippen LogP contribution in [0.4, 0.5) is 5.69 Å². The van der Waals surface area contributed by atoms with Crippen LogP contribution in [0, 0.1) is 10.1 Å². The van der Waals surface area contributed by atoms with Gasteiger partial charge in [0.1, 0.15) is 6.61 Å². The summed E-state index contributed by atoms with van der Waals surface area (Å²) in [4.78, 5) is 25.1. The first-order valence-corrected chi connectivity index (χ1v) is 5.32. The van der Waals surface area contributed by atoms with Crippen LogP contribution in [0.25, 0.3) is 0 Å². The van der Waals surface area contributed by atoms with Gasteiger partial charge in [-0.2, -0.15) is 4.98 Å². The number of rotatable bonds is 6. The number of halogens is 1. The number of aromatic nitrogens is 1. The highest BCUT2D eigenvalue weighted by Crippen LogP contribution is 2.29. The zero-order chi connectivity index (χ0) is 13.7. The number of hydrogen-bond donors (Lipinski definition) is 0. The lowest BCUT2D eigenvalue weighted by molar-refractivity contribution is -0.385. The van der Waals surface area contributed by atoms with E-state index in [1.54, 1.807) is 0 Å². The average Bonchev–Trinajstić information content (AvgIpc) is 2.28. The molecule has 0 aliphatic carbocycles. The molecule has 1 aromatic heterocycles. The third-order valence-electron chi connectivity index (χ3n) is 2.02. The van der Waals surface area contributed by atoms with Gasteiger partial charge in [0.05, 0.1) is 17.1 Å². The minimum Gasteiger partial charge on any atom is -0.475 e. The Bertz CT molecular complexity index is 478. The molecule has 0 fully saturated rings. The van der Waals surface area contributed by atoms with E-state index in [4.69, 9.17) is 21.1 Å². The van der Waals surface area contributed by atoms with Crippen molar-refractivity contribution in [3.8, 4) is 5.88 Å². The van der Waals surface area contributed by atoms with Crippen LogP contribution in [-0.4, -0.2) is 36.0 Å². The van der Waals surface area contributed by atoms with Gasteiger partial charge in [0.25, 0.3) is 0 Å². The number of hydrogen-bond acceptors (Lipinski definition) is 6. The third kappa shape index (κ3) is 3.38. The number of nitrogens with zero attached hydrogens (tertiary/aromatic N) is 2. The van der Waals surface area contributed by atoms with Crippen LogP contribution >= 0.6 is 11.6 Å². The summed E-state index contributed by atoms with van der Waals surface area (Å²) in [6.45, 7) is 1.73. The second-order valence-electron chi connectivity index (χ2n) is 3.31. The molecule has 1 heterocycles. The fourth-order valence-corrected chi connectivity index (χ4v) is 1.38. The molecule has 0 radical (unpaired) electrons. The van der Waals surface area contributed by atoms with E-state index < -0.39 is 16.4 Å². The van der Waals surface area contributed by atoms with E-state index in [9.17, 15) is 14.9 Å². The predicted octanol–water partition coefficient (Wildman–Crippen LogP) is 1.87. The van der Waals surface area contributed by atoms with Crippen molar-refractivity contribution in [1.29, 1.82) is 0 Å². The maximum Gasteiger partial charge on any atom is 0.307 e. The smallest absolute Gasteiger partial charge is 0.307 e. The van der Waals surface area contributed by atoms with Crippen LogP contribution in [-0.2, 0) is 4.74 Å². The molecule has 1 aromatic rings. The van der Waals surface area contributed by atoms with Gasteiger partial charge in [0.15, 0.2) is 5.78 Å². The number of pyridine rings is 1. The van der Waals surface area contributed by atoms with E-state index in [1.165, 1.54) is 14.0 Å². The Hall–Kier alpha value is -1.73. The Balaban J connectivity index is 3.12. The molecule has 1 rings (SSSR count). The van der Waals surface area contributed by atoms with Gasteiger partial charge in [-0.25, -0.2) is 0 Å². The summed E-state index contributed by atoms with van der Waals surface area (Å²) >= 11 is 5.64. The standard InChI is InChI=1S/C10H11ClN2O5/c1-6(14)7-5-8(13(15)16)9(11)12-10(7)18-4-3-17-2/h5H,3-4H2,1-2H3.